The van der Waals surface area contributed by atoms with E-state index in [1.165, 1.54) is 0 Å². The van der Waals surface area contributed by atoms with Gasteiger partial charge in [0.15, 0.2) is 5.82 Å². The highest BCUT2D eigenvalue weighted by Gasteiger charge is 2.14. The van der Waals surface area contributed by atoms with Gasteiger partial charge in [-0.3, -0.25) is 5.10 Å². The van der Waals surface area contributed by atoms with Gasteiger partial charge in [0.2, 0.25) is 0 Å². The van der Waals surface area contributed by atoms with Crippen LogP contribution in [0.5, 0.6) is 5.75 Å². The maximum Gasteiger partial charge on any atom is 0.184 e. The Balaban J connectivity index is 1.80. The summed E-state index contributed by atoms with van der Waals surface area (Å²) in [5.74, 6) is 1.21. The minimum Gasteiger partial charge on any atom is -0.507 e. The van der Waals surface area contributed by atoms with Crippen LogP contribution in [0.1, 0.15) is 17.4 Å². The van der Waals surface area contributed by atoms with Crippen molar-refractivity contribution in [3.8, 4) is 17.1 Å². The number of benzene rings is 2. The quantitative estimate of drug-likeness (QED) is 0.685. The molecule has 0 saturated heterocycles. The van der Waals surface area contributed by atoms with Gasteiger partial charge in [0.1, 0.15) is 11.6 Å². The van der Waals surface area contributed by atoms with Crippen molar-refractivity contribution >= 4 is 0 Å². The Hall–Kier alpha value is -2.66. The molecule has 0 aliphatic heterocycles. The molecule has 0 amide bonds. The van der Waals surface area contributed by atoms with Crippen LogP contribution in [0.25, 0.3) is 11.4 Å². The van der Waals surface area contributed by atoms with E-state index in [1.807, 2.05) is 36.4 Å². The van der Waals surface area contributed by atoms with Gasteiger partial charge in [-0.2, -0.15) is 5.10 Å². The SMILES string of the molecule is N[C@@H](Cc1ccccc1)c1nc(-c2ccccc2O)n[nH]1. The highest BCUT2D eigenvalue weighted by Crippen LogP contribution is 2.26. The third kappa shape index (κ3) is 2.93. The number of hydrogen-bond donors (Lipinski definition) is 3. The van der Waals surface area contributed by atoms with Crippen molar-refractivity contribution in [1.29, 1.82) is 0 Å². The molecule has 5 heteroatoms. The number of hydrogen-bond acceptors (Lipinski definition) is 4. The smallest absolute Gasteiger partial charge is 0.184 e. The molecule has 2 aromatic carbocycles. The molecule has 0 fully saturated rings. The summed E-state index contributed by atoms with van der Waals surface area (Å²) in [7, 11) is 0. The first kappa shape index (κ1) is 13.3. The molecule has 21 heavy (non-hydrogen) atoms. The lowest BCUT2D eigenvalue weighted by atomic mass is 10.1. The predicted molar refractivity (Wildman–Crippen MR) is 80.6 cm³/mol. The van der Waals surface area contributed by atoms with E-state index >= 15 is 0 Å². The molecule has 106 valence electrons. The van der Waals surface area contributed by atoms with E-state index in [-0.39, 0.29) is 11.8 Å². The number of aromatic amines is 1. The molecule has 3 rings (SSSR count). The summed E-state index contributed by atoms with van der Waals surface area (Å²) < 4.78 is 0. The molecule has 0 radical (unpaired) electrons. The number of para-hydroxylation sites is 1. The molecule has 0 unspecified atom stereocenters. The number of H-pyrrole nitrogens is 1. The molecule has 4 N–H and O–H groups in total. The minimum absolute atomic E-state index is 0.152. The van der Waals surface area contributed by atoms with E-state index in [1.54, 1.807) is 18.2 Å². The van der Waals surface area contributed by atoms with Gasteiger partial charge in [-0.1, -0.05) is 42.5 Å². The van der Waals surface area contributed by atoms with Crippen LogP contribution in [0.4, 0.5) is 0 Å². The van der Waals surface area contributed by atoms with E-state index in [0.717, 1.165) is 5.56 Å². The maximum absolute atomic E-state index is 9.82. The third-order valence-electron chi connectivity index (χ3n) is 3.30. The second-order valence-electron chi connectivity index (χ2n) is 4.86. The predicted octanol–water partition coefficient (Wildman–Crippen LogP) is 2.42. The molecule has 0 aliphatic carbocycles. The Morgan fingerprint density at radius 3 is 2.52 bits per heavy atom. The van der Waals surface area contributed by atoms with Crippen LogP contribution >= 0.6 is 0 Å². The van der Waals surface area contributed by atoms with E-state index < -0.39 is 0 Å². The minimum atomic E-state index is -0.264. The van der Waals surface area contributed by atoms with Gasteiger partial charge in [0, 0.05) is 0 Å². The van der Waals surface area contributed by atoms with Crippen molar-refractivity contribution < 1.29 is 5.11 Å². The first-order chi connectivity index (χ1) is 10.2. The number of rotatable bonds is 4. The van der Waals surface area contributed by atoms with Crippen molar-refractivity contribution in [2.75, 3.05) is 0 Å². The summed E-state index contributed by atoms with van der Waals surface area (Å²) in [6.45, 7) is 0. The summed E-state index contributed by atoms with van der Waals surface area (Å²) in [5.41, 5.74) is 7.89. The second-order valence-corrected chi connectivity index (χ2v) is 4.86. The average molecular weight is 280 g/mol. The van der Waals surface area contributed by atoms with Crippen LogP contribution in [-0.2, 0) is 6.42 Å². The molecule has 1 aromatic heterocycles. The summed E-state index contributed by atoms with van der Waals surface area (Å²) in [6, 6.07) is 16.7. The standard InChI is InChI=1S/C16H16N4O/c17-13(10-11-6-2-1-3-7-11)16-18-15(19-20-16)12-8-4-5-9-14(12)21/h1-9,13,21H,10,17H2,(H,18,19,20)/t13-/m0/s1. The lowest BCUT2D eigenvalue weighted by Gasteiger charge is -2.07. The third-order valence-corrected chi connectivity index (χ3v) is 3.30. The van der Waals surface area contributed by atoms with Crippen LogP contribution in [-0.4, -0.2) is 20.3 Å². The first-order valence-electron chi connectivity index (χ1n) is 6.74. The van der Waals surface area contributed by atoms with E-state index in [4.69, 9.17) is 5.73 Å². The molecular formula is C16H16N4O. The maximum atomic E-state index is 9.82. The zero-order valence-electron chi connectivity index (χ0n) is 11.4. The second kappa shape index (κ2) is 5.76. The fourth-order valence-corrected chi connectivity index (χ4v) is 2.19. The number of nitrogens with zero attached hydrogens (tertiary/aromatic N) is 2. The molecular weight excluding hydrogens is 264 g/mol. The number of nitrogens with two attached hydrogens (primary N) is 1. The highest BCUT2D eigenvalue weighted by molar-refractivity contribution is 5.62. The topological polar surface area (TPSA) is 87.8 Å². The lowest BCUT2D eigenvalue weighted by molar-refractivity contribution is 0.477. The molecule has 0 aliphatic rings. The van der Waals surface area contributed by atoms with Gasteiger partial charge >= 0.3 is 0 Å². The Morgan fingerprint density at radius 1 is 1.05 bits per heavy atom. The average Bonchev–Trinajstić information content (AvgIpc) is 2.98. The van der Waals surface area contributed by atoms with Gasteiger partial charge in [0.25, 0.3) is 0 Å². The largest absolute Gasteiger partial charge is 0.507 e. The normalized spacial score (nSPS) is 12.2. The van der Waals surface area contributed by atoms with Crippen molar-refractivity contribution in [2.45, 2.75) is 12.5 Å². The number of aromatic hydroxyl groups is 1. The Bertz CT molecular complexity index is 724. The van der Waals surface area contributed by atoms with Gasteiger partial charge < -0.3 is 10.8 Å². The van der Waals surface area contributed by atoms with Crippen molar-refractivity contribution in [1.82, 2.24) is 15.2 Å². The number of phenolic OH excluding ortho intramolecular Hbond substituents is 1. The zero-order valence-corrected chi connectivity index (χ0v) is 11.4. The molecule has 3 aromatic rings. The Labute approximate surface area is 122 Å². The monoisotopic (exact) mass is 280 g/mol. The van der Waals surface area contributed by atoms with Crippen molar-refractivity contribution in [2.24, 2.45) is 5.73 Å². The summed E-state index contributed by atoms with van der Waals surface area (Å²) in [4.78, 5) is 4.39. The van der Waals surface area contributed by atoms with Crippen LogP contribution in [0.3, 0.4) is 0 Å². The summed E-state index contributed by atoms with van der Waals surface area (Å²) in [6.07, 6.45) is 0.677. The van der Waals surface area contributed by atoms with Crippen LogP contribution in [0.15, 0.2) is 54.6 Å². The van der Waals surface area contributed by atoms with Gasteiger partial charge in [-0.25, -0.2) is 4.98 Å². The van der Waals surface area contributed by atoms with Gasteiger partial charge in [-0.15, -0.1) is 0 Å². The van der Waals surface area contributed by atoms with Crippen LogP contribution in [0.2, 0.25) is 0 Å². The molecule has 5 nitrogen and oxygen atoms in total. The number of nitrogens with one attached hydrogen (secondary N) is 1. The fraction of sp³-hybridized carbons (Fsp3) is 0.125. The summed E-state index contributed by atoms with van der Waals surface area (Å²) >= 11 is 0. The lowest BCUT2D eigenvalue weighted by Crippen LogP contribution is -2.15. The van der Waals surface area contributed by atoms with Crippen molar-refractivity contribution in [3.63, 3.8) is 0 Å². The Kier molecular flexibility index (Phi) is 3.66. The van der Waals surface area contributed by atoms with Crippen LogP contribution < -0.4 is 5.73 Å². The van der Waals surface area contributed by atoms with E-state index in [0.29, 0.717) is 23.6 Å². The molecule has 0 bridgehead atoms. The van der Waals surface area contributed by atoms with E-state index in [2.05, 4.69) is 15.2 Å². The zero-order chi connectivity index (χ0) is 14.7. The fourth-order valence-electron chi connectivity index (χ4n) is 2.19. The molecule has 1 heterocycles. The highest BCUT2D eigenvalue weighted by atomic mass is 16.3. The molecule has 0 spiro atoms. The molecule has 1 atom stereocenters. The molecule has 0 saturated carbocycles. The van der Waals surface area contributed by atoms with E-state index in [9.17, 15) is 5.11 Å². The number of aromatic nitrogens is 3. The number of phenols is 1. The summed E-state index contributed by atoms with van der Waals surface area (Å²) in [5, 5.41) is 16.8. The van der Waals surface area contributed by atoms with Gasteiger partial charge in [0.05, 0.1) is 11.6 Å². The Morgan fingerprint density at radius 2 is 1.76 bits per heavy atom. The first-order valence-corrected chi connectivity index (χ1v) is 6.74. The van der Waals surface area contributed by atoms with Crippen LogP contribution in [0, 0.1) is 0 Å². The van der Waals surface area contributed by atoms with Crippen molar-refractivity contribution in [3.05, 3.63) is 66.0 Å². The van der Waals surface area contributed by atoms with Gasteiger partial charge in [-0.05, 0) is 24.1 Å².